The van der Waals surface area contributed by atoms with Gasteiger partial charge in [0.05, 0.1) is 37.2 Å². The predicted molar refractivity (Wildman–Crippen MR) is 48.7 cm³/mol. The van der Waals surface area contributed by atoms with Gasteiger partial charge in [0.1, 0.15) is 0 Å². The van der Waals surface area contributed by atoms with Crippen LogP contribution in [0, 0.1) is 34.5 Å². The van der Waals surface area contributed by atoms with Gasteiger partial charge in [0.2, 0.25) is 0 Å². The van der Waals surface area contributed by atoms with Crippen LogP contribution in [0.4, 0.5) is 0 Å². The summed E-state index contributed by atoms with van der Waals surface area (Å²) in [4.78, 5) is 0. The van der Waals surface area contributed by atoms with Gasteiger partial charge in [0, 0.05) is 0 Å². The van der Waals surface area contributed by atoms with Crippen LogP contribution in [-0.2, 0) is 0 Å². The second-order valence-corrected chi connectivity index (χ2v) is 2.43. The van der Waals surface area contributed by atoms with Crippen molar-refractivity contribution in [3.63, 3.8) is 0 Å². The van der Waals surface area contributed by atoms with Gasteiger partial charge < -0.3 is 16.4 Å². The summed E-state index contributed by atoms with van der Waals surface area (Å²) in [5.41, 5.74) is 0. The van der Waals surface area contributed by atoms with Gasteiger partial charge in [-0.05, 0) is 13.8 Å². The van der Waals surface area contributed by atoms with Crippen molar-refractivity contribution in [1.82, 2.24) is 6.15 Å². The van der Waals surface area contributed by atoms with E-state index >= 15 is 0 Å². The first kappa shape index (κ1) is 17.8. The molecule has 0 saturated heterocycles. The largest absolute Gasteiger partial charge is 0.395 e. The van der Waals surface area contributed by atoms with Crippen molar-refractivity contribution in [2.75, 3.05) is 13.2 Å². The molecule has 0 fully saturated rings. The molecule has 2 atom stereocenters. The van der Waals surface area contributed by atoms with Crippen LogP contribution in [0.5, 0.6) is 0 Å². The number of aliphatic hydroxyl groups is 2. The Morgan fingerprint density at radius 2 is 1.23 bits per heavy atom. The van der Waals surface area contributed by atoms with E-state index in [1.54, 1.807) is 13.8 Å². The predicted octanol–water partition coefficient (Wildman–Crippen LogP) is 0.439. The maximum Gasteiger partial charge on any atom is 0.0677 e. The fourth-order valence-electron chi connectivity index (χ4n) is 0.0816. The second-order valence-electron chi connectivity index (χ2n) is 2.43. The lowest BCUT2D eigenvalue weighted by molar-refractivity contribution is 0.265. The number of nitrogens with zero attached hydrogens (tertiary/aromatic N) is 2. The highest BCUT2D eigenvalue weighted by atomic mass is 16.3. The van der Waals surface area contributed by atoms with E-state index < -0.39 is 0 Å². The second kappa shape index (κ2) is 13.4. The minimum atomic E-state index is -0.204. The zero-order valence-electron chi connectivity index (χ0n) is 8.06. The van der Waals surface area contributed by atoms with E-state index in [2.05, 4.69) is 0 Å². The molecule has 5 nitrogen and oxygen atoms in total. The van der Waals surface area contributed by atoms with Crippen LogP contribution in [-0.4, -0.2) is 23.4 Å². The molecule has 0 aromatic carbocycles. The molecular weight excluding hydrogens is 170 g/mol. The number of aliphatic hydroxyl groups excluding tert-OH is 2. The molecule has 0 spiro atoms. The molecule has 0 aromatic heterocycles. The SMILES string of the molecule is CC(C#N)CO.CC(C#N)CO.N. The Labute approximate surface area is 78.8 Å². The number of rotatable bonds is 2. The summed E-state index contributed by atoms with van der Waals surface area (Å²) >= 11 is 0. The van der Waals surface area contributed by atoms with Gasteiger partial charge in [0.15, 0.2) is 0 Å². The van der Waals surface area contributed by atoms with Crippen molar-refractivity contribution in [1.29, 1.82) is 10.5 Å². The Bertz CT molecular complexity index is 151. The fourth-order valence-corrected chi connectivity index (χ4v) is 0.0816. The fraction of sp³-hybridized carbons (Fsp3) is 0.750. The Morgan fingerprint density at radius 3 is 1.23 bits per heavy atom. The van der Waals surface area contributed by atoms with Crippen molar-refractivity contribution in [3.05, 3.63) is 0 Å². The lowest BCUT2D eigenvalue weighted by atomic mass is 10.2. The molecule has 0 aliphatic carbocycles. The van der Waals surface area contributed by atoms with Crippen LogP contribution in [0.1, 0.15) is 13.8 Å². The first-order valence-electron chi connectivity index (χ1n) is 3.63. The van der Waals surface area contributed by atoms with Crippen LogP contribution in [0.3, 0.4) is 0 Å². The maximum atomic E-state index is 8.11. The smallest absolute Gasteiger partial charge is 0.0677 e. The van der Waals surface area contributed by atoms with Gasteiger partial charge in [-0.3, -0.25) is 0 Å². The average Bonchev–Trinajstić information content (AvgIpc) is 2.16. The molecule has 0 bridgehead atoms. The van der Waals surface area contributed by atoms with Crippen LogP contribution >= 0.6 is 0 Å². The molecular formula is C8H17N3O2. The van der Waals surface area contributed by atoms with E-state index in [9.17, 15) is 0 Å². The topological polar surface area (TPSA) is 123 Å². The van der Waals surface area contributed by atoms with Crippen molar-refractivity contribution >= 4 is 0 Å². The first-order valence-corrected chi connectivity index (χ1v) is 3.63. The summed E-state index contributed by atoms with van der Waals surface area (Å²) < 4.78 is 0. The normalized spacial score (nSPS) is 11.8. The molecule has 0 rings (SSSR count). The highest BCUT2D eigenvalue weighted by molar-refractivity contribution is 4.77. The summed E-state index contributed by atoms with van der Waals surface area (Å²) in [5.74, 6) is -0.407. The Kier molecular flexibility index (Phi) is 18.4. The Hall–Kier alpha value is -1.14. The van der Waals surface area contributed by atoms with Crippen molar-refractivity contribution in [2.24, 2.45) is 11.8 Å². The lowest BCUT2D eigenvalue weighted by Gasteiger charge is -1.86. The molecule has 5 N–H and O–H groups in total. The maximum absolute atomic E-state index is 8.11. The minimum absolute atomic E-state index is 0. The van der Waals surface area contributed by atoms with Gasteiger partial charge >= 0.3 is 0 Å². The molecule has 0 aromatic rings. The molecule has 0 amide bonds. The number of hydrogen-bond acceptors (Lipinski definition) is 5. The summed E-state index contributed by atoms with van der Waals surface area (Å²) in [6.45, 7) is 3.27. The van der Waals surface area contributed by atoms with Crippen LogP contribution in [0.25, 0.3) is 0 Å². The summed E-state index contributed by atoms with van der Waals surface area (Å²) in [6, 6.07) is 3.73. The molecule has 2 unspecified atom stereocenters. The Balaban J connectivity index is -0.000000143. The van der Waals surface area contributed by atoms with Gasteiger partial charge in [0.25, 0.3) is 0 Å². The van der Waals surface area contributed by atoms with Gasteiger partial charge in [-0.2, -0.15) is 10.5 Å². The molecule has 0 aliphatic rings. The molecule has 0 radical (unpaired) electrons. The summed E-state index contributed by atoms with van der Waals surface area (Å²) in [6.07, 6.45) is 0. The number of hydrogen-bond donors (Lipinski definition) is 3. The van der Waals surface area contributed by atoms with Gasteiger partial charge in [-0.1, -0.05) is 0 Å². The van der Waals surface area contributed by atoms with E-state index in [0.29, 0.717) is 0 Å². The molecule has 13 heavy (non-hydrogen) atoms. The molecule has 5 heteroatoms. The quantitative estimate of drug-likeness (QED) is 0.578. The zero-order chi connectivity index (χ0) is 9.98. The monoisotopic (exact) mass is 187 g/mol. The van der Waals surface area contributed by atoms with E-state index in [4.69, 9.17) is 20.7 Å². The molecule has 0 aliphatic heterocycles. The third kappa shape index (κ3) is 18.1. The van der Waals surface area contributed by atoms with Gasteiger partial charge in [-0.25, -0.2) is 0 Å². The minimum Gasteiger partial charge on any atom is -0.395 e. The van der Waals surface area contributed by atoms with Crippen LogP contribution in [0.2, 0.25) is 0 Å². The first-order chi connectivity index (χ1) is 5.62. The molecule has 0 saturated carbocycles. The number of nitriles is 2. The standard InChI is InChI=1S/2C4H7NO.H3N/c2*1-4(2-5)3-6;/h2*4,6H,3H2,1H3;1H3. The highest BCUT2D eigenvalue weighted by Crippen LogP contribution is 1.84. The van der Waals surface area contributed by atoms with Crippen LogP contribution in [0.15, 0.2) is 0 Å². The van der Waals surface area contributed by atoms with Crippen LogP contribution < -0.4 is 6.15 Å². The van der Waals surface area contributed by atoms with E-state index in [1.165, 1.54) is 0 Å². The Morgan fingerprint density at radius 1 is 1.00 bits per heavy atom. The molecule has 76 valence electrons. The summed E-state index contributed by atoms with van der Waals surface area (Å²) in [7, 11) is 0. The third-order valence-electron chi connectivity index (χ3n) is 0.988. The van der Waals surface area contributed by atoms with Crippen molar-refractivity contribution < 1.29 is 10.2 Å². The van der Waals surface area contributed by atoms with E-state index in [-0.39, 0.29) is 31.2 Å². The average molecular weight is 187 g/mol. The molecule has 0 heterocycles. The van der Waals surface area contributed by atoms with Crippen molar-refractivity contribution in [3.8, 4) is 12.1 Å². The summed E-state index contributed by atoms with van der Waals surface area (Å²) in [5, 5.41) is 32.1. The van der Waals surface area contributed by atoms with E-state index in [1.807, 2.05) is 12.1 Å². The third-order valence-corrected chi connectivity index (χ3v) is 0.988. The van der Waals surface area contributed by atoms with Gasteiger partial charge in [-0.15, -0.1) is 0 Å². The zero-order valence-corrected chi connectivity index (χ0v) is 8.06. The van der Waals surface area contributed by atoms with Crippen molar-refractivity contribution in [2.45, 2.75) is 13.8 Å². The lowest BCUT2D eigenvalue weighted by Crippen LogP contribution is -1.93. The van der Waals surface area contributed by atoms with E-state index in [0.717, 1.165) is 0 Å². The highest BCUT2D eigenvalue weighted by Gasteiger charge is 1.90.